The SMILES string of the molecule is C=C[C@@H]1C[C@]1(NC(=O)[C@@H]1C[C@@H]2CN1C(=O)[C@H](C1CCCC1)NC(=O)OCC(C)(C)C/C=C/c1cc3c(nc4sccc4c3cc1OC)O2)C(=O)NS(=O)(=O)C1CC1. The molecule has 14 nitrogen and oxygen atoms in total. The fraction of sp³-hybridized carbons (Fsp3) is 0.537. The monoisotopic (exact) mass is 819 g/mol. The molecule has 5 atom stereocenters. The van der Waals surface area contributed by atoms with E-state index >= 15 is 0 Å². The van der Waals surface area contributed by atoms with Gasteiger partial charge in [-0.15, -0.1) is 17.9 Å². The van der Waals surface area contributed by atoms with Crippen LogP contribution in [0.15, 0.2) is 42.3 Å². The van der Waals surface area contributed by atoms with Crippen LogP contribution in [-0.4, -0.2) is 91.4 Å². The maximum Gasteiger partial charge on any atom is 0.407 e. The third-order valence-electron chi connectivity index (χ3n) is 12.1. The molecule has 4 heterocycles. The molecule has 4 bridgehead atoms. The standard InChI is InChI=1S/C41H49N5O9S2/c1-5-25-20-41(25,38(49)45-57(51,52)27-12-13-27)44-34(47)31-18-26-21-46(31)37(48)33(23-9-6-7-10-23)42-39(50)54-22-40(2,3)15-8-11-24-17-30-29(19-32(24)53-4)28-14-16-56-36(28)43-35(30)55-26/h5,8,11,14,16-17,19,23,25-27,31,33H,1,6-7,9-10,12-13,15,18,20-22H2,2-4H3,(H,42,50)(H,44,47)(H,45,49)/b11-8+/t25-,26-,31+,33+,41-/m1/s1. The highest BCUT2D eigenvalue weighted by molar-refractivity contribution is 7.91. The molecule has 3 aromatic rings. The molecule has 4 amide bonds. The second-order valence-corrected chi connectivity index (χ2v) is 19.7. The number of hydrogen-bond donors (Lipinski definition) is 3. The highest BCUT2D eigenvalue weighted by atomic mass is 32.2. The normalized spacial score (nSPS) is 28.5. The van der Waals surface area contributed by atoms with Crippen molar-refractivity contribution in [3.63, 3.8) is 0 Å². The topological polar surface area (TPSA) is 182 Å². The zero-order valence-electron chi connectivity index (χ0n) is 32.4. The Labute approximate surface area is 335 Å². The smallest absolute Gasteiger partial charge is 0.407 e. The summed E-state index contributed by atoms with van der Waals surface area (Å²) in [4.78, 5) is 63.5. The first-order chi connectivity index (χ1) is 27.2. The summed E-state index contributed by atoms with van der Waals surface area (Å²) >= 11 is 1.46. The maximum absolute atomic E-state index is 14.8. The van der Waals surface area contributed by atoms with Crippen LogP contribution in [0.5, 0.6) is 11.6 Å². The molecule has 1 saturated heterocycles. The summed E-state index contributed by atoms with van der Waals surface area (Å²) in [7, 11) is -2.29. The number of methoxy groups -OCH3 is 1. The summed E-state index contributed by atoms with van der Waals surface area (Å²) in [6.45, 7) is 7.86. The fourth-order valence-electron chi connectivity index (χ4n) is 8.53. The molecule has 3 aliphatic carbocycles. The van der Waals surface area contributed by atoms with Crippen LogP contribution in [0.25, 0.3) is 27.1 Å². The van der Waals surface area contributed by atoms with Crippen LogP contribution in [0.4, 0.5) is 4.79 Å². The molecule has 0 radical (unpaired) electrons. The van der Waals surface area contributed by atoms with Crippen molar-refractivity contribution in [3.05, 3.63) is 47.9 Å². The molecule has 3 saturated carbocycles. The van der Waals surface area contributed by atoms with Crippen molar-refractivity contribution in [2.75, 3.05) is 20.3 Å². The minimum atomic E-state index is -3.91. The predicted octanol–water partition coefficient (Wildman–Crippen LogP) is 5.20. The van der Waals surface area contributed by atoms with Crippen LogP contribution in [0.1, 0.15) is 77.2 Å². The fourth-order valence-corrected chi connectivity index (χ4v) is 10.7. The van der Waals surface area contributed by atoms with E-state index in [1.807, 2.05) is 49.6 Å². The minimum Gasteiger partial charge on any atom is -0.496 e. The summed E-state index contributed by atoms with van der Waals surface area (Å²) in [6.07, 6.45) is 8.94. The first kappa shape index (κ1) is 39.1. The Bertz CT molecular complexity index is 2280. The molecule has 1 aromatic carbocycles. The molecule has 4 fully saturated rings. The first-order valence-electron chi connectivity index (χ1n) is 19.7. The summed E-state index contributed by atoms with van der Waals surface area (Å²) in [5.41, 5.74) is -1.21. The lowest BCUT2D eigenvalue weighted by molar-refractivity contribution is -0.142. The lowest BCUT2D eigenvalue weighted by Crippen LogP contribution is -2.59. The number of allylic oxidation sites excluding steroid dienone is 1. The van der Waals surface area contributed by atoms with Crippen molar-refractivity contribution >= 4 is 72.2 Å². The van der Waals surface area contributed by atoms with E-state index in [1.165, 1.54) is 22.3 Å². The van der Waals surface area contributed by atoms with E-state index < -0.39 is 74.1 Å². The van der Waals surface area contributed by atoms with Gasteiger partial charge in [0.05, 0.1) is 25.5 Å². The molecule has 57 heavy (non-hydrogen) atoms. The highest BCUT2D eigenvalue weighted by Crippen LogP contribution is 2.46. The lowest BCUT2D eigenvalue weighted by atomic mass is 9.90. The number of nitrogens with zero attached hydrogens (tertiary/aromatic N) is 2. The van der Waals surface area contributed by atoms with E-state index in [4.69, 9.17) is 19.2 Å². The van der Waals surface area contributed by atoms with Gasteiger partial charge in [-0.25, -0.2) is 18.2 Å². The lowest BCUT2D eigenvalue weighted by Gasteiger charge is -2.32. The number of aromatic nitrogens is 1. The minimum absolute atomic E-state index is 0.0153. The van der Waals surface area contributed by atoms with E-state index in [-0.39, 0.29) is 31.9 Å². The zero-order valence-corrected chi connectivity index (χ0v) is 34.0. The van der Waals surface area contributed by atoms with E-state index in [0.717, 1.165) is 39.4 Å². The van der Waals surface area contributed by atoms with Crippen molar-refractivity contribution in [1.29, 1.82) is 0 Å². The summed E-state index contributed by atoms with van der Waals surface area (Å²) in [6, 6.07) is 3.82. The number of benzene rings is 1. The van der Waals surface area contributed by atoms with Gasteiger partial charge in [0.15, 0.2) is 0 Å². The Morgan fingerprint density at radius 3 is 2.60 bits per heavy atom. The Hall–Kier alpha value is -4.70. The molecular formula is C41H49N5O9S2. The van der Waals surface area contributed by atoms with Gasteiger partial charge in [0.2, 0.25) is 27.7 Å². The van der Waals surface area contributed by atoms with Crippen molar-refractivity contribution in [2.24, 2.45) is 17.3 Å². The number of sulfonamides is 1. The average molecular weight is 820 g/mol. The van der Waals surface area contributed by atoms with Gasteiger partial charge in [0, 0.05) is 39.5 Å². The molecule has 0 spiro atoms. The molecular weight excluding hydrogens is 771 g/mol. The molecule has 0 unspecified atom stereocenters. The Kier molecular flexibility index (Phi) is 10.2. The van der Waals surface area contributed by atoms with Crippen molar-refractivity contribution in [2.45, 2.75) is 101 Å². The Morgan fingerprint density at radius 2 is 1.89 bits per heavy atom. The number of alkyl carbamates (subject to hydrolysis) is 1. The van der Waals surface area contributed by atoms with Crippen LogP contribution in [0.2, 0.25) is 0 Å². The molecule has 5 aliphatic rings. The van der Waals surface area contributed by atoms with Gasteiger partial charge in [-0.05, 0) is 68.0 Å². The first-order valence-corrected chi connectivity index (χ1v) is 22.1. The molecule has 3 N–H and O–H groups in total. The van der Waals surface area contributed by atoms with Crippen LogP contribution >= 0.6 is 11.3 Å². The number of amides is 4. The van der Waals surface area contributed by atoms with Crippen LogP contribution in [-0.2, 0) is 29.1 Å². The van der Waals surface area contributed by atoms with Gasteiger partial charge >= 0.3 is 6.09 Å². The highest BCUT2D eigenvalue weighted by Gasteiger charge is 2.62. The van der Waals surface area contributed by atoms with Gasteiger partial charge in [-0.2, -0.15) is 0 Å². The van der Waals surface area contributed by atoms with E-state index in [1.54, 1.807) is 7.11 Å². The van der Waals surface area contributed by atoms with Crippen LogP contribution in [0, 0.1) is 17.3 Å². The number of cyclic esters (lactones) is 1. The molecule has 2 aromatic heterocycles. The summed E-state index contributed by atoms with van der Waals surface area (Å²) < 4.78 is 46.1. The number of ether oxygens (including phenoxy) is 3. The maximum atomic E-state index is 14.8. The number of nitrogens with one attached hydrogen (secondary N) is 3. The van der Waals surface area contributed by atoms with Crippen LogP contribution in [0.3, 0.4) is 0 Å². The van der Waals surface area contributed by atoms with Crippen molar-refractivity contribution in [3.8, 4) is 11.6 Å². The third-order valence-corrected chi connectivity index (χ3v) is 14.7. The summed E-state index contributed by atoms with van der Waals surface area (Å²) in [5.74, 6) is -1.64. The molecule has 16 heteroatoms. The van der Waals surface area contributed by atoms with E-state index in [9.17, 15) is 27.6 Å². The molecule has 8 rings (SSSR count). The van der Waals surface area contributed by atoms with Crippen molar-refractivity contribution in [1.82, 2.24) is 25.2 Å². The quantitative estimate of drug-likeness (QED) is 0.256. The number of pyridine rings is 1. The van der Waals surface area contributed by atoms with E-state index in [2.05, 4.69) is 21.9 Å². The second kappa shape index (κ2) is 14.9. The zero-order chi connectivity index (χ0) is 40.3. The second-order valence-electron chi connectivity index (χ2n) is 16.9. The number of thiophene rings is 1. The molecule has 304 valence electrons. The number of carbonyl (C=O) groups is 4. The van der Waals surface area contributed by atoms with Gasteiger partial charge in [-0.3, -0.25) is 19.1 Å². The number of fused-ring (bicyclic) bond motifs is 5. The Morgan fingerprint density at radius 1 is 1.12 bits per heavy atom. The van der Waals surface area contributed by atoms with Gasteiger partial charge in [0.25, 0.3) is 5.91 Å². The number of hydrogen-bond acceptors (Lipinski definition) is 11. The largest absolute Gasteiger partial charge is 0.496 e. The van der Waals surface area contributed by atoms with E-state index in [0.29, 0.717) is 43.7 Å². The predicted molar refractivity (Wildman–Crippen MR) is 215 cm³/mol. The van der Waals surface area contributed by atoms with Gasteiger partial charge in [0.1, 0.15) is 34.3 Å². The molecule has 2 aliphatic heterocycles. The summed E-state index contributed by atoms with van der Waals surface area (Å²) in [5, 5.41) is 9.56. The number of rotatable bonds is 8. The van der Waals surface area contributed by atoms with Gasteiger partial charge in [-0.1, -0.05) is 44.9 Å². The van der Waals surface area contributed by atoms with Gasteiger partial charge < -0.3 is 29.7 Å². The average Bonchev–Trinajstić information content (AvgIpc) is 3.95. The van der Waals surface area contributed by atoms with Crippen molar-refractivity contribution < 1.29 is 41.8 Å². The Balaban J connectivity index is 1.18. The third kappa shape index (κ3) is 7.69. The van der Waals surface area contributed by atoms with Crippen LogP contribution < -0.4 is 24.8 Å². The number of carbonyl (C=O) groups excluding carboxylic acids is 4.